The highest BCUT2D eigenvalue weighted by molar-refractivity contribution is 9.10. The van der Waals surface area contributed by atoms with E-state index in [2.05, 4.69) is 21.2 Å². The standard InChI is InChI=1S/C15H12BrF4N/c1-21-13(6-8-2-3-9(17)7-12(8)19)14-11(18)5-4-10(16)15(14)20/h2-5,7,13,21H,6H2,1H3. The van der Waals surface area contributed by atoms with Crippen molar-refractivity contribution in [2.75, 3.05) is 7.05 Å². The number of likely N-dealkylation sites (N-methyl/N-ethyl adjacent to an activating group) is 1. The molecule has 0 aliphatic carbocycles. The topological polar surface area (TPSA) is 12.0 Å². The van der Waals surface area contributed by atoms with Gasteiger partial charge in [-0.05, 0) is 53.2 Å². The van der Waals surface area contributed by atoms with Crippen LogP contribution in [-0.4, -0.2) is 7.05 Å². The molecule has 1 atom stereocenters. The summed E-state index contributed by atoms with van der Waals surface area (Å²) < 4.78 is 54.7. The molecule has 0 aliphatic rings. The summed E-state index contributed by atoms with van der Waals surface area (Å²) in [5.74, 6) is -2.91. The molecule has 0 heterocycles. The van der Waals surface area contributed by atoms with Crippen LogP contribution in [0.2, 0.25) is 0 Å². The molecule has 0 bridgehead atoms. The molecule has 0 saturated heterocycles. The monoisotopic (exact) mass is 361 g/mol. The Bertz CT molecular complexity index is 660. The SMILES string of the molecule is CNC(Cc1ccc(F)cc1F)c1c(F)ccc(Br)c1F. The lowest BCUT2D eigenvalue weighted by Crippen LogP contribution is -2.22. The summed E-state index contributed by atoms with van der Waals surface area (Å²) in [6, 6.07) is 4.74. The van der Waals surface area contributed by atoms with Crippen molar-refractivity contribution in [3.8, 4) is 0 Å². The van der Waals surface area contributed by atoms with Crippen molar-refractivity contribution in [1.82, 2.24) is 5.32 Å². The summed E-state index contributed by atoms with van der Waals surface area (Å²) in [5.41, 5.74) is -0.00914. The highest BCUT2D eigenvalue weighted by atomic mass is 79.9. The summed E-state index contributed by atoms with van der Waals surface area (Å²) in [5, 5.41) is 2.76. The molecular formula is C15H12BrF4N. The molecule has 0 aromatic heterocycles. The quantitative estimate of drug-likeness (QED) is 0.624. The van der Waals surface area contributed by atoms with Crippen molar-refractivity contribution >= 4 is 15.9 Å². The molecule has 2 aromatic carbocycles. The smallest absolute Gasteiger partial charge is 0.145 e. The van der Waals surface area contributed by atoms with Gasteiger partial charge in [-0.2, -0.15) is 0 Å². The van der Waals surface area contributed by atoms with Gasteiger partial charge < -0.3 is 5.32 Å². The van der Waals surface area contributed by atoms with Crippen LogP contribution >= 0.6 is 15.9 Å². The van der Waals surface area contributed by atoms with Crippen LogP contribution in [0.4, 0.5) is 17.6 Å². The maximum Gasteiger partial charge on any atom is 0.145 e. The first-order valence-corrected chi connectivity index (χ1v) is 6.98. The second-order valence-corrected chi connectivity index (χ2v) is 5.39. The molecule has 112 valence electrons. The van der Waals surface area contributed by atoms with Crippen molar-refractivity contribution < 1.29 is 17.6 Å². The van der Waals surface area contributed by atoms with E-state index in [4.69, 9.17) is 0 Å². The van der Waals surface area contributed by atoms with Crippen LogP contribution in [0.25, 0.3) is 0 Å². The van der Waals surface area contributed by atoms with Gasteiger partial charge >= 0.3 is 0 Å². The summed E-state index contributed by atoms with van der Waals surface area (Å²) in [7, 11) is 1.52. The maximum atomic E-state index is 14.1. The third-order valence-electron chi connectivity index (χ3n) is 3.22. The average Bonchev–Trinajstić information content (AvgIpc) is 2.44. The van der Waals surface area contributed by atoms with Crippen molar-refractivity contribution in [2.45, 2.75) is 12.5 Å². The largest absolute Gasteiger partial charge is 0.313 e. The van der Waals surface area contributed by atoms with Gasteiger partial charge in [0.1, 0.15) is 23.3 Å². The Morgan fingerprint density at radius 3 is 2.38 bits per heavy atom. The number of hydrogen-bond acceptors (Lipinski definition) is 1. The van der Waals surface area contributed by atoms with Crippen molar-refractivity contribution in [3.63, 3.8) is 0 Å². The van der Waals surface area contributed by atoms with Gasteiger partial charge in [0.25, 0.3) is 0 Å². The van der Waals surface area contributed by atoms with E-state index in [0.717, 1.165) is 18.2 Å². The second-order valence-electron chi connectivity index (χ2n) is 4.54. The van der Waals surface area contributed by atoms with E-state index in [1.807, 2.05) is 0 Å². The number of benzene rings is 2. The molecule has 1 nitrogen and oxygen atoms in total. The molecule has 6 heteroatoms. The first-order chi connectivity index (χ1) is 9.93. The van der Waals surface area contributed by atoms with Crippen LogP contribution < -0.4 is 5.32 Å². The van der Waals surface area contributed by atoms with E-state index < -0.39 is 29.3 Å². The van der Waals surface area contributed by atoms with Gasteiger partial charge in [-0.25, -0.2) is 17.6 Å². The van der Waals surface area contributed by atoms with Gasteiger partial charge in [0.05, 0.1) is 4.47 Å². The molecule has 0 saturated carbocycles. The van der Waals surface area contributed by atoms with E-state index in [1.54, 1.807) is 0 Å². The van der Waals surface area contributed by atoms with E-state index in [9.17, 15) is 17.6 Å². The van der Waals surface area contributed by atoms with Gasteiger partial charge in [0.2, 0.25) is 0 Å². The lowest BCUT2D eigenvalue weighted by atomic mass is 9.97. The minimum atomic E-state index is -0.775. The van der Waals surface area contributed by atoms with Crippen molar-refractivity contribution in [2.24, 2.45) is 0 Å². The molecule has 0 radical (unpaired) electrons. The zero-order valence-electron chi connectivity index (χ0n) is 11.1. The average molecular weight is 362 g/mol. The van der Waals surface area contributed by atoms with E-state index in [-0.39, 0.29) is 22.0 Å². The minimum absolute atomic E-state index is 0.00704. The van der Waals surface area contributed by atoms with Gasteiger partial charge in [-0.3, -0.25) is 0 Å². The fraction of sp³-hybridized carbons (Fsp3) is 0.200. The number of halogens is 5. The first-order valence-electron chi connectivity index (χ1n) is 6.18. The van der Waals surface area contributed by atoms with Crippen LogP contribution in [-0.2, 0) is 6.42 Å². The second kappa shape index (κ2) is 6.58. The summed E-state index contributed by atoms with van der Waals surface area (Å²) in [6.07, 6.45) is -0.00704. The predicted molar refractivity (Wildman–Crippen MR) is 75.9 cm³/mol. The molecular weight excluding hydrogens is 350 g/mol. The number of nitrogens with one attached hydrogen (secondary N) is 1. The van der Waals surface area contributed by atoms with E-state index in [0.29, 0.717) is 0 Å². The van der Waals surface area contributed by atoms with Crippen LogP contribution in [0.5, 0.6) is 0 Å². The third-order valence-corrected chi connectivity index (χ3v) is 3.83. The summed E-state index contributed by atoms with van der Waals surface area (Å²) >= 11 is 2.99. The van der Waals surface area contributed by atoms with Gasteiger partial charge in [0, 0.05) is 17.7 Å². The lowest BCUT2D eigenvalue weighted by molar-refractivity contribution is 0.478. The van der Waals surface area contributed by atoms with Gasteiger partial charge in [0.15, 0.2) is 0 Å². The molecule has 1 N–H and O–H groups in total. The Hall–Kier alpha value is -1.40. The summed E-state index contributed by atoms with van der Waals surface area (Å²) in [4.78, 5) is 0. The van der Waals surface area contributed by atoms with E-state index >= 15 is 0 Å². The Kier molecular flexibility index (Phi) is 5.00. The highest BCUT2D eigenvalue weighted by Gasteiger charge is 2.22. The highest BCUT2D eigenvalue weighted by Crippen LogP contribution is 2.29. The van der Waals surface area contributed by atoms with Gasteiger partial charge in [-0.15, -0.1) is 0 Å². The Morgan fingerprint density at radius 1 is 1.05 bits per heavy atom. The normalized spacial score (nSPS) is 12.5. The predicted octanol–water partition coefficient (Wildman–Crippen LogP) is 4.51. The third kappa shape index (κ3) is 3.44. The van der Waals surface area contributed by atoms with Crippen molar-refractivity contribution in [1.29, 1.82) is 0 Å². The Labute approximate surface area is 128 Å². The molecule has 2 rings (SSSR count). The fourth-order valence-electron chi connectivity index (χ4n) is 2.12. The van der Waals surface area contributed by atoms with Crippen LogP contribution in [0.15, 0.2) is 34.8 Å². The summed E-state index contributed by atoms with van der Waals surface area (Å²) in [6.45, 7) is 0. The molecule has 0 spiro atoms. The molecule has 21 heavy (non-hydrogen) atoms. The fourth-order valence-corrected chi connectivity index (χ4v) is 2.46. The number of hydrogen-bond donors (Lipinski definition) is 1. The maximum absolute atomic E-state index is 14.1. The van der Waals surface area contributed by atoms with E-state index in [1.165, 1.54) is 19.2 Å². The zero-order valence-corrected chi connectivity index (χ0v) is 12.6. The van der Waals surface area contributed by atoms with Gasteiger partial charge in [-0.1, -0.05) is 6.07 Å². The van der Waals surface area contributed by atoms with Crippen LogP contribution in [0.1, 0.15) is 17.2 Å². The first kappa shape index (κ1) is 16.0. The number of rotatable bonds is 4. The molecule has 0 aliphatic heterocycles. The lowest BCUT2D eigenvalue weighted by Gasteiger charge is -2.19. The molecule has 0 amide bonds. The Morgan fingerprint density at radius 2 is 1.76 bits per heavy atom. The van der Waals surface area contributed by atoms with Crippen LogP contribution in [0, 0.1) is 23.3 Å². The van der Waals surface area contributed by atoms with Crippen LogP contribution in [0.3, 0.4) is 0 Å². The minimum Gasteiger partial charge on any atom is -0.313 e. The molecule has 0 fully saturated rings. The Balaban J connectivity index is 2.39. The zero-order chi connectivity index (χ0) is 15.6. The van der Waals surface area contributed by atoms with Crippen molar-refractivity contribution in [3.05, 3.63) is 69.2 Å². The molecule has 1 unspecified atom stereocenters. The molecule has 2 aromatic rings.